The summed E-state index contributed by atoms with van der Waals surface area (Å²) in [5.41, 5.74) is 4.01. The summed E-state index contributed by atoms with van der Waals surface area (Å²) in [7, 11) is 3.21. The van der Waals surface area contributed by atoms with Crippen LogP contribution in [0.4, 0.5) is 0 Å². The molecule has 0 spiro atoms. The van der Waals surface area contributed by atoms with Crippen LogP contribution < -0.4 is 10.6 Å². The second-order valence-electron chi connectivity index (χ2n) is 7.07. The largest absolute Gasteiger partial charge is 0.354 e. The lowest BCUT2D eigenvalue weighted by Crippen LogP contribution is -2.39. The molecule has 2 aromatic rings. The number of carbonyl (C=O) groups excluding carboxylic acids is 1. The van der Waals surface area contributed by atoms with E-state index < -0.39 is 6.04 Å². The monoisotopic (exact) mass is 436 g/mol. The van der Waals surface area contributed by atoms with Crippen LogP contribution in [0.2, 0.25) is 0 Å². The van der Waals surface area contributed by atoms with Gasteiger partial charge in [-0.1, -0.05) is 43.0 Å². The fourth-order valence-corrected chi connectivity index (χ4v) is 3.15. The van der Waals surface area contributed by atoms with Crippen molar-refractivity contribution >= 4 is 12.1 Å². The average Bonchev–Trinajstić information content (AvgIpc) is 2.82. The third kappa shape index (κ3) is 8.93. The molecule has 7 heteroatoms. The molecule has 1 heterocycles. The minimum Gasteiger partial charge on any atom is -0.354 e. The molecule has 2 rings (SSSR count). The molecule has 0 radical (unpaired) electrons. The lowest BCUT2D eigenvalue weighted by molar-refractivity contribution is -0.282. The lowest BCUT2D eigenvalue weighted by Gasteiger charge is -2.19. The Morgan fingerprint density at radius 2 is 1.91 bits per heavy atom. The Hall–Kier alpha value is -3.13. The number of carbonyl (C=O) groups is 1. The number of benzene rings is 1. The summed E-state index contributed by atoms with van der Waals surface area (Å²) in [5, 5.41) is 6.42. The van der Waals surface area contributed by atoms with Gasteiger partial charge in [-0.3, -0.25) is 14.8 Å². The molecule has 0 fully saturated rings. The number of pyridine rings is 1. The van der Waals surface area contributed by atoms with E-state index in [-0.39, 0.29) is 5.91 Å². The highest BCUT2D eigenvalue weighted by molar-refractivity contribution is 5.83. The minimum atomic E-state index is -0.478. The molecular formula is C25H32N4O3. The summed E-state index contributed by atoms with van der Waals surface area (Å²) >= 11 is 0. The Kier molecular flexibility index (Phi) is 11.6. The molecule has 1 aromatic heterocycles. The van der Waals surface area contributed by atoms with Crippen LogP contribution in [0.15, 0.2) is 78.1 Å². The summed E-state index contributed by atoms with van der Waals surface area (Å²) in [5.74, 6) is -0.0710. The van der Waals surface area contributed by atoms with Gasteiger partial charge in [0.15, 0.2) is 0 Å². The van der Waals surface area contributed by atoms with Gasteiger partial charge in [0.2, 0.25) is 5.91 Å². The number of aromatic nitrogens is 1. The highest BCUT2D eigenvalue weighted by atomic mass is 17.2. The highest BCUT2D eigenvalue weighted by Crippen LogP contribution is 2.16. The van der Waals surface area contributed by atoms with Crippen molar-refractivity contribution in [1.29, 1.82) is 0 Å². The molecule has 1 unspecified atom stereocenters. The first-order valence-corrected chi connectivity index (χ1v) is 10.6. The smallest absolute Gasteiger partial charge is 0.241 e. The second-order valence-corrected chi connectivity index (χ2v) is 7.07. The predicted octanol–water partition coefficient (Wildman–Crippen LogP) is 3.35. The van der Waals surface area contributed by atoms with E-state index in [1.54, 1.807) is 31.7 Å². The van der Waals surface area contributed by atoms with E-state index in [9.17, 15) is 4.79 Å². The number of allylic oxidation sites excluding steroid dienone is 2. The molecular weight excluding hydrogens is 404 g/mol. The first kappa shape index (κ1) is 25.1. The molecule has 0 aliphatic rings. The zero-order chi connectivity index (χ0) is 23.0. The molecule has 1 atom stereocenters. The van der Waals surface area contributed by atoms with Gasteiger partial charge >= 0.3 is 0 Å². The lowest BCUT2D eigenvalue weighted by atomic mass is 10.0. The molecule has 0 bridgehead atoms. The Morgan fingerprint density at radius 1 is 1.16 bits per heavy atom. The van der Waals surface area contributed by atoms with E-state index >= 15 is 0 Å². The van der Waals surface area contributed by atoms with Gasteiger partial charge in [0.05, 0.1) is 7.11 Å². The summed E-state index contributed by atoms with van der Waals surface area (Å²) in [6, 6.07) is 11.1. The van der Waals surface area contributed by atoms with Crippen LogP contribution in [-0.4, -0.2) is 44.4 Å². The average molecular weight is 437 g/mol. The van der Waals surface area contributed by atoms with Crippen LogP contribution in [0.1, 0.15) is 29.2 Å². The molecule has 0 saturated carbocycles. The maximum Gasteiger partial charge on any atom is 0.241 e. The van der Waals surface area contributed by atoms with E-state index in [0.717, 1.165) is 35.1 Å². The Bertz CT molecular complexity index is 880. The maximum atomic E-state index is 13.0. The van der Waals surface area contributed by atoms with Crippen molar-refractivity contribution in [2.24, 2.45) is 4.99 Å². The van der Waals surface area contributed by atoms with E-state index in [1.165, 1.54) is 7.11 Å². The molecule has 0 aliphatic heterocycles. The van der Waals surface area contributed by atoms with Gasteiger partial charge in [-0.15, -0.1) is 0 Å². The number of hydrogen-bond acceptors (Lipinski definition) is 6. The van der Waals surface area contributed by atoms with Crippen molar-refractivity contribution < 1.29 is 14.6 Å². The standard InChI is InChI=1S/C25H32N4O3/c1-4-5-21(18-26-2)13-16-28-24(23-8-6-22(7-9-23)19-32-31-3)25(30)29-17-12-20-10-14-27-15-11-20/h4-11,14-15,18,24,28H,1,12-13,16-17,19H2,2-3H3,(H,29,30)/b21-5-,26-18-. The van der Waals surface area contributed by atoms with Crippen LogP contribution in [0.5, 0.6) is 0 Å². The van der Waals surface area contributed by atoms with Gasteiger partial charge in [0, 0.05) is 38.7 Å². The quantitative estimate of drug-likeness (QED) is 0.205. The van der Waals surface area contributed by atoms with Crippen molar-refractivity contribution in [3.63, 3.8) is 0 Å². The molecule has 32 heavy (non-hydrogen) atoms. The van der Waals surface area contributed by atoms with E-state index in [2.05, 4.69) is 32.1 Å². The zero-order valence-corrected chi connectivity index (χ0v) is 18.8. The first-order chi connectivity index (χ1) is 15.7. The van der Waals surface area contributed by atoms with Gasteiger partial charge in [-0.25, -0.2) is 9.78 Å². The molecule has 7 nitrogen and oxygen atoms in total. The van der Waals surface area contributed by atoms with Crippen molar-refractivity contribution in [2.45, 2.75) is 25.5 Å². The van der Waals surface area contributed by atoms with E-state index in [4.69, 9.17) is 4.89 Å². The van der Waals surface area contributed by atoms with E-state index in [1.807, 2.05) is 42.5 Å². The second kappa shape index (κ2) is 14.8. The van der Waals surface area contributed by atoms with Gasteiger partial charge in [0.25, 0.3) is 0 Å². The Morgan fingerprint density at radius 3 is 2.56 bits per heavy atom. The zero-order valence-electron chi connectivity index (χ0n) is 18.8. The van der Waals surface area contributed by atoms with E-state index in [0.29, 0.717) is 19.7 Å². The van der Waals surface area contributed by atoms with Crippen molar-refractivity contribution in [3.8, 4) is 0 Å². The molecule has 1 aromatic carbocycles. The molecule has 170 valence electrons. The fraction of sp³-hybridized carbons (Fsp3) is 0.320. The summed E-state index contributed by atoms with van der Waals surface area (Å²) in [6.07, 6.45) is 10.4. The van der Waals surface area contributed by atoms with Crippen molar-refractivity contribution in [3.05, 3.63) is 89.8 Å². The number of nitrogens with one attached hydrogen (secondary N) is 2. The third-order valence-electron chi connectivity index (χ3n) is 4.77. The maximum absolute atomic E-state index is 13.0. The minimum absolute atomic E-state index is 0.0710. The number of nitrogens with zero attached hydrogens (tertiary/aromatic N) is 2. The molecule has 0 aliphatic carbocycles. The Labute approximate surface area is 190 Å². The number of aliphatic imine (C=N–C) groups is 1. The number of rotatable bonds is 14. The predicted molar refractivity (Wildman–Crippen MR) is 127 cm³/mol. The van der Waals surface area contributed by atoms with Crippen LogP contribution in [0.25, 0.3) is 0 Å². The molecule has 2 N–H and O–H groups in total. The highest BCUT2D eigenvalue weighted by Gasteiger charge is 2.19. The SMILES string of the molecule is C=C/C=C(\C=N/C)CCNC(C(=O)NCCc1ccncc1)c1ccc(COOC)cc1. The fourth-order valence-electron chi connectivity index (χ4n) is 3.15. The van der Waals surface area contributed by atoms with Crippen molar-refractivity contribution in [2.75, 3.05) is 27.2 Å². The Balaban J connectivity index is 2.04. The van der Waals surface area contributed by atoms with Crippen LogP contribution >= 0.6 is 0 Å². The van der Waals surface area contributed by atoms with Gasteiger partial charge < -0.3 is 10.6 Å². The van der Waals surface area contributed by atoms with Crippen LogP contribution in [0, 0.1) is 0 Å². The first-order valence-electron chi connectivity index (χ1n) is 10.6. The van der Waals surface area contributed by atoms with Gasteiger partial charge in [-0.2, -0.15) is 0 Å². The van der Waals surface area contributed by atoms with Gasteiger partial charge in [-0.05, 0) is 47.2 Å². The number of hydrogen-bond donors (Lipinski definition) is 2. The molecule has 0 saturated heterocycles. The number of amides is 1. The normalized spacial score (nSPS) is 12.6. The summed E-state index contributed by atoms with van der Waals surface area (Å²) in [4.78, 5) is 30.8. The van der Waals surface area contributed by atoms with Gasteiger partial charge in [0.1, 0.15) is 12.6 Å². The van der Waals surface area contributed by atoms with Crippen LogP contribution in [0.3, 0.4) is 0 Å². The summed E-state index contributed by atoms with van der Waals surface area (Å²) < 4.78 is 0. The van der Waals surface area contributed by atoms with Crippen molar-refractivity contribution in [1.82, 2.24) is 15.6 Å². The topological polar surface area (TPSA) is 84.8 Å². The molecule has 1 amide bonds. The van der Waals surface area contributed by atoms with Crippen LogP contribution in [-0.2, 0) is 27.6 Å². The summed E-state index contributed by atoms with van der Waals surface area (Å²) in [6.45, 7) is 5.25. The third-order valence-corrected chi connectivity index (χ3v) is 4.77.